The minimum Gasteiger partial charge on any atom is -0.462 e. The molecular weight excluding hydrogens is 925 g/mol. The molecule has 0 aliphatic carbocycles. The molecule has 0 heterocycles. The molecular formula is C69H126O6. The second kappa shape index (κ2) is 63.9. The molecule has 0 bridgehead atoms. The van der Waals surface area contributed by atoms with E-state index in [-0.39, 0.29) is 31.1 Å². The molecule has 1 atom stereocenters. The van der Waals surface area contributed by atoms with Crippen LogP contribution in [0, 0.1) is 0 Å². The molecule has 0 aliphatic rings. The molecule has 0 N–H and O–H groups in total. The number of hydrogen-bond donors (Lipinski definition) is 0. The van der Waals surface area contributed by atoms with Gasteiger partial charge in [0, 0.05) is 19.3 Å². The topological polar surface area (TPSA) is 78.9 Å². The highest BCUT2D eigenvalue weighted by atomic mass is 16.6. The molecule has 75 heavy (non-hydrogen) atoms. The molecule has 0 aliphatic heterocycles. The third-order valence-corrected chi connectivity index (χ3v) is 14.8. The first kappa shape index (κ1) is 72.4. The fourth-order valence-electron chi connectivity index (χ4n) is 9.80. The van der Waals surface area contributed by atoms with E-state index in [0.29, 0.717) is 19.3 Å². The normalized spacial score (nSPS) is 12.3. The Hall–Kier alpha value is -2.63. The summed E-state index contributed by atoms with van der Waals surface area (Å²) in [6.07, 6.45) is 79.9. The highest BCUT2D eigenvalue weighted by Gasteiger charge is 2.19. The van der Waals surface area contributed by atoms with Gasteiger partial charge in [-0.2, -0.15) is 0 Å². The summed E-state index contributed by atoms with van der Waals surface area (Å²) in [5.41, 5.74) is 0. The lowest BCUT2D eigenvalue weighted by molar-refractivity contribution is -0.167. The first-order valence-electron chi connectivity index (χ1n) is 33.1. The van der Waals surface area contributed by atoms with Gasteiger partial charge in [0.05, 0.1) is 0 Å². The van der Waals surface area contributed by atoms with Gasteiger partial charge in [-0.05, 0) is 83.5 Å². The third kappa shape index (κ3) is 62.1. The molecule has 6 heteroatoms. The van der Waals surface area contributed by atoms with E-state index < -0.39 is 6.10 Å². The van der Waals surface area contributed by atoms with Gasteiger partial charge in [-0.3, -0.25) is 14.4 Å². The smallest absolute Gasteiger partial charge is 0.306 e. The van der Waals surface area contributed by atoms with Gasteiger partial charge >= 0.3 is 17.9 Å². The van der Waals surface area contributed by atoms with E-state index in [2.05, 4.69) is 69.4 Å². The first-order chi connectivity index (χ1) is 37.0. The van der Waals surface area contributed by atoms with Gasteiger partial charge < -0.3 is 14.2 Å². The Bertz CT molecular complexity index is 1300. The van der Waals surface area contributed by atoms with Crippen molar-refractivity contribution in [3.05, 3.63) is 48.6 Å². The van der Waals surface area contributed by atoms with Crippen molar-refractivity contribution >= 4 is 17.9 Å². The number of hydrogen-bond acceptors (Lipinski definition) is 6. The highest BCUT2D eigenvalue weighted by molar-refractivity contribution is 5.71. The maximum atomic E-state index is 12.9. The van der Waals surface area contributed by atoms with E-state index in [1.807, 2.05) is 0 Å². The molecule has 0 aromatic heterocycles. The predicted molar refractivity (Wildman–Crippen MR) is 325 cm³/mol. The van der Waals surface area contributed by atoms with Gasteiger partial charge in [0.15, 0.2) is 6.10 Å². The van der Waals surface area contributed by atoms with Crippen LogP contribution in [0.25, 0.3) is 0 Å². The van der Waals surface area contributed by atoms with Crippen molar-refractivity contribution in [3.8, 4) is 0 Å². The number of carbonyl (C=O) groups is 3. The number of esters is 3. The maximum absolute atomic E-state index is 12.9. The summed E-state index contributed by atoms with van der Waals surface area (Å²) in [6, 6.07) is 0. The molecule has 0 saturated heterocycles. The summed E-state index contributed by atoms with van der Waals surface area (Å²) >= 11 is 0. The predicted octanol–water partition coefficient (Wildman–Crippen LogP) is 22.6. The van der Waals surface area contributed by atoms with Gasteiger partial charge in [-0.25, -0.2) is 0 Å². The molecule has 0 rings (SSSR count). The van der Waals surface area contributed by atoms with Gasteiger partial charge in [0.25, 0.3) is 0 Å². The second-order valence-electron chi connectivity index (χ2n) is 22.4. The van der Waals surface area contributed by atoms with Gasteiger partial charge in [-0.15, -0.1) is 0 Å². The minimum absolute atomic E-state index is 0.0715. The zero-order valence-electron chi connectivity index (χ0n) is 50.3. The van der Waals surface area contributed by atoms with E-state index >= 15 is 0 Å². The van der Waals surface area contributed by atoms with Gasteiger partial charge in [0.1, 0.15) is 13.2 Å². The molecule has 0 radical (unpaired) electrons. The monoisotopic (exact) mass is 1050 g/mol. The Kier molecular flexibility index (Phi) is 61.7. The Morgan fingerprint density at radius 3 is 0.760 bits per heavy atom. The molecule has 0 fully saturated rings. The van der Waals surface area contributed by atoms with Crippen molar-refractivity contribution in [2.75, 3.05) is 13.2 Å². The number of unbranched alkanes of at least 4 members (excludes halogenated alkanes) is 42. The molecule has 6 nitrogen and oxygen atoms in total. The van der Waals surface area contributed by atoms with Crippen molar-refractivity contribution in [2.45, 2.75) is 361 Å². The molecule has 0 saturated carbocycles. The first-order valence-corrected chi connectivity index (χ1v) is 33.1. The molecule has 0 amide bonds. The molecule has 1 unspecified atom stereocenters. The van der Waals surface area contributed by atoms with E-state index in [1.54, 1.807) is 0 Å². The van der Waals surface area contributed by atoms with Crippen LogP contribution in [0.4, 0.5) is 0 Å². The lowest BCUT2D eigenvalue weighted by atomic mass is 10.0. The zero-order valence-corrected chi connectivity index (χ0v) is 50.3. The summed E-state index contributed by atoms with van der Waals surface area (Å²) in [5.74, 6) is -0.860. The molecule has 0 aromatic rings. The van der Waals surface area contributed by atoms with Crippen LogP contribution >= 0.6 is 0 Å². The highest BCUT2D eigenvalue weighted by Crippen LogP contribution is 2.17. The zero-order chi connectivity index (χ0) is 54.3. The van der Waals surface area contributed by atoms with Crippen LogP contribution in [-0.4, -0.2) is 37.2 Å². The number of ether oxygens (including phenoxy) is 3. The van der Waals surface area contributed by atoms with Crippen molar-refractivity contribution < 1.29 is 28.6 Å². The fourth-order valence-corrected chi connectivity index (χ4v) is 9.80. The van der Waals surface area contributed by atoms with E-state index in [1.165, 1.54) is 238 Å². The summed E-state index contributed by atoms with van der Waals surface area (Å²) in [5, 5.41) is 0. The van der Waals surface area contributed by atoms with Crippen molar-refractivity contribution in [2.24, 2.45) is 0 Å². The number of carbonyl (C=O) groups excluding carboxylic acids is 3. The Morgan fingerprint density at radius 1 is 0.267 bits per heavy atom. The van der Waals surface area contributed by atoms with Crippen molar-refractivity contribution in [3.63, 3.8) is 0 Å². The largest absolute Gasteiger partial charge is 0.462 e. The summed E-state index contributed by atoms with van der Waals surface area (Å²) < 4.78 is 16.9. The fraction of sp³-hybridized carbons (Fsp3) is 0.841. The Balaban J connectivity index is 4.12. The number of rotatable bonds is 61. The lowest BCUT2D eigenvalue weighted by Gasteiger charge is -2.18. The Labute approximate surface area is 467 Å². The number of allylic oxidation sites excluding steroid dienone is 8. The van der Waals surface area contributed by atoms with Crippen LogP contribution in [0.2, 0.25) is 0 Å². The third-order valence-electron chi connectivity index (χ3n) is 14.8. The van der Waals surface area contributed by atoms with Crippen LogP contribution in [0.3, 0.4) is 0 Å². The maximum Gasteiger partial charge on any atom is 0.306 e. The second-order valence-corrected chi connectivity index (χ2v) is 22.4. The average Bonchev–Trinajstić information content (AvgIpc) is 3.41. The van der Waals surface area contributed by atoms with Crippen molar-refractivity contribution in [1.29, 1.82) is 0 Å². The van der Waals surface area contributed by atoms with Gasteiger partial charge in [-0.1, -0.05) is 301 Å². The van der Waals surface area contributed by atoms with E-state index in [0.717, 1.165) is 77.0 Å². The molecule has 0 aromatic carbocycles. The van der Waals surface area contributed by atoms with E-state index in [9.17, 15) is 14.4 Å². The standard InChI is InChI=1S/C69H126O6/c1-4-7-10-13-16-19-22-25-27-28-29-30-31-32-33-34-35-36-37-38-39-40-41-42-43-45-47-50-53-56-59-62-68(71)74-65-66(64-73-67(70)61-58-55-52-49-46-24-21-18-15-12-9-6-3)75-69(72)63-60-57-54-51-48-44-26-23-20-17-14-11-8-5-2/h22-23,25-26,28-29,31-32,66H,4-21,24,27,30,33-65H2,1-3H3/b25-22-,26-23-,29-28-,32-31-. The Morgan fingerprint density at radius 2 is 0.480 bits per heavy atom. The van der Waals surface area contributed by atoms with Crippen LogP contribution < -0.4 is 0 Å². The minimum atomic E-state index is -0.774. The van der Waals surface area contributed by atoms with Crippen LogP contribution in [0.1, 0.15) is 355 Å². The summed E-state index contributed by atoms with van der Waals surface area (Å²) in [6.45, 7) is 6.65. The summed E-state index contributed by atoms with van der Waals surface area (Å²) in [4.78, 5) is 38.2. The van der Waals surface area contributed by atoms with Crippen LogP contribution in [0.5, 0.6) is 0 Å². The SMILES string of the molecule is CCCCCCC/C=C\C/C=C\C/C=C\CCCCCCCCCCCCCCCCCCC(=O)OCC(COC(=O)CCCCCCCCCCCCCC)OC(=O)CCCCCCC/C=C\CCCCCCC. The quantitative estimate of drug-likeness (QED) is 0.0261. The van der Waals surface area contributed by atoms with E-state index in [4.69, 9.17) is 14.2 Å². The molecule has 0 spiro atoms. The summed E-state index contributed by atoms with van der Waals surface area (Å²) in [7, 11) is 0. The average molecular weight is 1050 g/mol. The van der Waals surface area contributed by atoms with Gasteiger partial charge in [0.2, 0.25) is 0 Å². The van der Waals surface area contributed by atoms with Crippen LogP contribution in [-0.2, 0) is 28.6 Å². The van der Waals surface area contributed by atoms with Crippen LogP contribution in [0.15, 0.2) is 48.6 Å². The molecule has 438 valence electrons. The van der Waals surface area contributed by atoms with Crippen molar-refractivity contribution in [1.82, 2.24) is 0 Å². The lowest BCUT2D eigenvalue weighted by Crippen LogP contribution is -2.30.